The Hall–Kier alpha value is -0.620. The maximum atomic E-state index is 12.5. The highest BCUT2D eigenvalue weighted by Gasteiger charge is 2.28. The van der Waals surface area contributed by atoms with Crippen molar-refractivity contribution >= 4 is 49.6 Å². The van der Waals surface area contributed by atoms with Crippen LogP contribution in [0.3, 0.4) is 0 Å². The van der Waals surface area contributed by atoms with Crippen LogP contribution < -0.4 is 0 Å². The van der Waals surface area contributed by atoms with Crippen molar-refractivity contribution in [2.24, 2.45) is 0 Å². The molecule has 1 amide bonds. The minimum absolute atomic E-state index is 0.0317. The van der Waals surface area contributed by atoms with Gasteiger partial charge in [0.25, 0.3) is 5.91 Å². The molecule has 1 saturated heterocycles. The molecule has 96 valence electrons. The number of carbonyl (C=O) groups excluding carboxylic acids is 1. The van der Waals surface area contributed by atoms with E-state index < -0.39 is 0 Å². The van der Waals surface area contributed by atoms with Crippen LogP contribution in [0, 0.1) is 0 Å². The summed E-state index contributed by atoms with van der Waals surface area (Å²) < 4.78 is 6.47. The number of amides is 1. The summed E-state index contributed by atoms with van der Waals surface area (Å²) >= 11 is 9.41. The molecule has 3 heterocycles. The zero-order valence-corrected chi connectivity index (χ0v) is 12.2. The van der Waals surface area contributed by atoms with Crippen LogP contribution in [0.25, 0.3) is 9.40 Å². The van der Waals surface area contributed by atoms with Crippen LogP contribution in [0.15, 0.2) is 11.4 Å². The Morgan fingerprint density at radius 1 is 1.61 bits per heavy atom. The third kappa shape index (κ3) is 1.95. The number of morpholine rings is 1. The average Bonchev–Trinajstić information content (AvgIpc) is 2.93. The third-order valence-corrected chi connectivity index (χ3v) is 5.82. The van der Waals surface area contributed by atoms with Crippen molar-refractivity contribution in [3.63, 3.8) is 0 Å². The number of thiophene rings is 2. The topological polar surface area (TPSA) is 29.5 Å². The van der Waals surface area contributed by atoms with E-state index in [2.05, 4.69) is 0 Å². The van der Waals surface area contributed by atoms with Crippen LogP contribution in [0.4, 0.5) is 0 Å². The lowest BCUT2D eigenvalue weighted by molar-refractivity contribution is 0.00388. The SMILES string of the molecule is C[C@H]1COCCN1C(=O)c1sc2sccc2c1Cl. The second kappa shape index (κ2) is 4.81. The van der Waals surface area contributed by atoms with E-state index in [1.807, 2.05) is 23.3 Å². The summed E-state index contributed by atoms with van der Waals surface area (Å²) in [6, 6.07) is 2.08. The van der Waals surface area contributed by atoms with Crippen molar-refractivity contribution in [2.45, 2.75) is 13.0 Å². The quantitative estimate of drug-likeness (QED) is 0.807. The molecule has 0 aromatic carbocycles. The lowest BCUT2D eigenvalue weighted by atomic mass is 10.2. The molecule has 18 heavy (non-hydrogen) atoms. The summed E-state index contributed by atoms with van der Waals surface area (Å²) in [4.78, 5) is 15.0. The molecule has 1 atom stereocenters. The van der Waals surface area contributed by atoms with Crippen LogP contribution in [0.1, 0.15) is 16.6 Å². The molecule has 1 fully saturated rings. The standard InChI is InChI=1S/C12H12ClNO2S2/c1-7-6-16-4-3-14(7)11(15)10-9(13)8-2-5-17-12(8)18-10/h2,5,7H,3-4,6H2,1H3/t7-/m0/s1. The Bertz CT molecular complexity index is 592. The first-order valence-electron chi connectivity index (χ1n) is 5.72. The third-order valence-electron chi connectivity index (χ3n) is 3.08. The molecule has 2 aromatic heterocycles. The Morgan fingerprint density at radius 2 is 2.44 bits per heavy atom. The minimum Gasteiger partial charge on any atom is -0.377 e. The van der Waals surface area contributed by atoms with E-state index in [0.717, 1.165) is 9.40 Å². The fourth-order valence-corrected chi connectivity index (χ4v) is 4.66. The molecule has 0 radical (unpaired) electrons. The zero-order valence-electron chi connectivity index (χ0n) is 9.81. The van der Waals surface area contributed by atoms with Gasteiger partial charge in [0, 0.05) is 11.9 Å². The number of nitrogens with zero attached hydrogens (tertiary/aromatic N) is 1. The number of ether oxygens (including phenoxy) is 1. The predicted octanol–water partition coefficient (Wildman–Crippen LogP) is 3.48. The van der Waals surface area contributed by atoms with Crippen molar-refractivity contribution in [3.05, 3.63) is 21.3 Å². The number of halogens is 1. The van der Waals surface area contributed by atoms with E-state index in [1.54, 1.807) is 11.3 Å². The van der Waals surface area contributed by atoms with Gasteiger partial charge in [-0.3, -0.25) is 4.79 Å². The molecule has 0 bridgehead atoms. The smallest absolute Gasteiger partial charge is 0.265 e. The number of hydrogen-bond donors (Lipinski definition) is 0. The van der Waals surface area contributed by atoms with Crippen LogP contribution in [-0.4, -0.2) is 36.6 Å². The van der Waals surface area contributed by atoms with Gasteiger partial charge in [-0.25, -0.2) is 0 Å². The first-order chi connectivity index (χ1) is 8.68. The number of rotatable bonds is 1. The van der Waals surface area contributed by atoms with Crippen LogP contribution in [-0.2, 0) is 4.74 Å². The lowest BCUT2D eigenvalue weighted by Gasteiger charge is -2.33. The van der Waals surface area contributed by atoms with Crippen molar-refractivity contribution in [1.29, 1.82) is 0 Å². The Labute approximate surface area is 118 Å². The van der Waals surface area contributed by atoms with Gasteiger partial charge in [0.15, 0.2) is 0 Å². The van der Waals surface area contributed by atoms with Crippen molar-refractivity contribution in [1.82, 2.24) is 4.90 Å². The molecule has 0 spiro atoms. The van der Waals surface area contributed by atoms with Gasteiger partial charge in [-0.15, -0.1) is 22.7 Å². The average molecular weight is 302 g/mol. The Morgan fingerprint density at radius 3 is 3.17 bits per heavy atom. The molecule has 0 unspecified atom stereocenters. The summed E-state index contributed by atoms with van der Waals surface area (Å²) in [6.45, 7) is 3.85. The van der Waals surface area contributed by atoms with Crippen molar-refractivity contribution in [3.8, 4) is 0 Å². The summed E-state index contributed by atoms with van der Waals surface area (Å²) in [5.41, 5.74) is 0. The molecule has 0 N–H and O–H groups in total. The van der Waals surface area contributed by atoms with Crippen molar-refractivity contribution < 1.29 is 9.53 Å². The molecule has 3 rings (SSSR count). The second-order valence-electron chi connectivity index (χ2n) is 4.29. The number of carbonyl (C=O) groups is 1. The van der Waals surface area contributed by atoms with E-state index in [-0.39, 0.29) is 11.9 Å². The minimum atomic E-state index is 0.0317. The van der Waals surface area contributed by atoms with Gasteiger partial charge in [0.2, 0.25) is 0 Å². The van der Waals surface area contributed by atoms with Crippen LogP contribution >= 0.6 is 34.3 Å². The highest BCUT2D eigenvalue weighted by molar-refractivity contribution is 7.38. The Kier molecular flexibility index (Phi) is 3.32. The van der Waals surface area contributed by atoms with E-state index in [9.17, 15) is 4.79 Å². The predicted molar refractivity (Wildman–Crippen MR) is 76.0 cm³/mol. The summed E-state index contributed by atoms with van der Waals surface area (Å²) in [5.74, 6) is 0.0317. The molecule has 1 aliphatic heterocycles. The zero-order chi connectivity index (χ0) is 12.7. The molecule has 1 aliphatic rings. The highest BCUT2D eigenvalue weighted by Crippen LogP contribution is 2.39. The molecular weight excluding hydrogens is 290 g/mol. The first kappa shape index (κ1) is 12.4. The van der Waals surface area contributed by atoms with Gasteiger partial charge in [0.05, 0.1) is 28.3 Å². The molecular formula is C12H12ClNO2S2. The van der Waals surface area contributed by atoms with E-state index in [1.165, 1.54) is 11.3 Å². The molecule has 3 nitrogen and oxygen atoms in total. The number of hydrogen-bond acceptors (Lipinski definition) is 4. The summed E-state index contributed by atoms with van der Waals surface area (Å²) in [5, 5.41) is 3.59. The van der Waals surface area contributed by atoms with E-state index in [4.69, 9.17) is 16.3 Å². The first-order valence-corrected chi connectivity index (χ1v) is 7.80. The maximum Gasteiger partial charge on any atom is 0.265 e. The van der Waals surface area contributed by atoms with Crippen LogP contribution in [0.2, 0.25) is 5.02 Å². The van der Waals surface area contributed by atoms with Crippen LogP contribution in [0.5, 0.6) is 0 Å². The molecule has 0 aliphatic carbocycles. The van der Waals surface area contributed by atoms with Gasteiger partial charge < -0.3 is 9.64 Å². The van der Waals surface area contributed by atoms with Gasteiger partial charge >= 0.3 is 0 Å². The maximum absolute atomic E-state index is 12.5. The molecule has 6 heteroatoms. The Balaban J connectivity index is 1.95. The van der Waals surface area contributed by atoms with Gasteiger partial charge in [0.1, 0.15) is 4.88 Å². The summed E-state index contributed by atoms with van der Waals surface area (Å²) in [7, 11) is 0. The van der Waals surface area contributed by atoms with Gasteiger partial charge in [-0.2, -0.15) is 0 Å². The van der Waals surface area contributed by atoms with E-state index in [0.29, 0.717) is 29.7 Å². The normalized spacial score (nSPS) is 20.6. The summed E-state index contributed by atoms with van der Waals surface area (Å²) in [6.07, 6.45) is 0. The molecule has 0 saturated carbocycles. The van der Waals surface area contributed by atoms with Gasteiger partial charge in [-0.1, -0.05) is 11.6 Å². The molecule has 2 aromatic rings. The fraction of sp³-hybridized carbons (Fsp3) is 0.417. The largest absolute Gasteiger partial charge is 0.377 e. The monoisotopic (exact) mass is 301 g/mol. The second-order valence-corrected chi connectivity index (χ2v) is 6.86. The highest BCUT2D eigenvalue weighted by atomic mass is 35.5. The number of fused-ring (bicyclic) bond motifs is 1. The fourth-order valence-electron chi connectivity index (χ4n) is 2.09. The lowest BCUT2D eigenvalue weighted by Crippen LogP contribution is -2.46. The van der Waals surface area contributed by atoms with Gasteiger partial charge in [-0.05, 0) is 18.4 Å². The van der Waals surface area contributed by atoms with E-state index >= 15 is 0 Å². The van der Waals surface area contributed by atoms with Crippen molar-refractivity contribution in [2.75, 3.05) is 19.8 Å².